The molecule has 0 saturated heterocycles. The van der Waals surface area contributed by atoms with E-state index in [4.69, 9.17) is 14.3 Å². The molecule has 56 valence electrons. The Morgan fingerprint density at radius 2 is 2.60 bits per heavy atom. The third kappa shape index (κ3) is 1.55. The number of aliphatic hydroxyl groups excluding tert-OH is 1. The Labute approximate surface area is 58.4 Å². The summed E-state index contributed by atoms with van der Waals surface area (Å²) >= 11 is 0. The fourth-order valence-corrected chi connectivity index (χ4v) is 0.611. The second-order valence-electron chi connectivity index (χ2n) is 1.81. The fraction of sp³-hybridized carbons (Fsp3) is 0.500. The van der Waals surface area contributed by atoms with Gasteiger partial charge in [-0.05, 0) is 0 Å². The topological polar surface area (TPSA) is 55.5 Å². The van der Waals surface area contributed by atoms with Crippen LogP contribution in [0.2, 0.25) is 0 Å². The number of hydrogen-bond acceptors (Lipinski definition) is 4. The first kappa shape index (κ1) is 7.24. The molecule has 10 heavy (non-hydrogen) atoms. The highest BCUT2D eigenvalue weighted by Gasteiger charge is 2.00. The van der Waals surface area contributed by atoms with Crippen molar-refractivity contribution in [2.24, 2.45) is 0 Å². The van der Waals surface area contributed by atoms with E-state index in [0.29, 0.717) is 18.3 Å². The normalized spacial score (nSPS) is 10.2. The molecule has 0 radical (unpaired) electrons. The van der Waals surface area contributed by atoms with Gasteiger partial charge in [0.1, 0.15) is 19.0 Å². The number of aromatic nitrogens is 1. The first-order valence-electron chi connectivity index (χ1n) is 2.90. The lowest BCUT2D eigenvalue weighted by Gasteiger charge is -1.89. The molecule has 1 heterocycles. The highest BCUT2D eigenvalue weighted by Crippen LogP contribution is 2.03. The summed E-state index contributed by atoms with van der Waals surface area (Å²) in [5.74, 6) is 0.957. The van der Waals surface area contributed by atoms with Crippen LogP contribution in [0.4, 0.5) is 0 Å². The quantitative estimate of drug-likeness (QED) is 0.661. The van der Waals surface area contributed by atoms with E-state index in [1.165, 1.54) is 6.20 Å². The van der Waals surface area contributed by atoms with Crippen LogP contribution in [-0.4, -0.2) is 17.2 Å². The van der Waals surface area contributed by atoms with Crippen LogP contribution in [0.5, 0.6) is 0 Å². The second kappa shape index (κ2) is 3.34. The predicted octanol–water partition coefficient (Wildman–Crippen LogP) is 0.313. The summed E-state index contributed by atoms with van der Waals surface area (Å²) in [6, 6.07) is 0. The van der Waals surface area contributed by atoms with Crippen molar-refractivity contribution in [3.63, 3.8) is 0 Å². The highest BCUT2D eigenvalue weighted by atomic mass is 16.5. The molecule has 1 aromatic rings. The van der Waals surface area contributed by atoms with Gasteiger partial charge in [0.2, 0.25) is 5.89 Å². The summed E-state index contributed by atoms with van der Waals surface area (Å²) in [4.78, 5) is 3.83. The summed E-state index contributed by atoms with van der Waals surface area (Å²) in [5, 5.41) is 8.54. The second-order valence-corrected chi connectivity index (χ2v) is 1.81. The molecule has 0 aliphatic rings. The molecule has 0 spiro atoms. The van der Waals surface area contributed by atoms with Crippen LogP contribution in [0.3, 0.4) is 0 Å². The first-order chi connectivity index (χ1) is 4.86. The third-order valence-electron chi connectivity index (χ3n) is 1.03. The van der Waals surface area contributed by atoms with E-state index >= 15 is 0 Å². The minimum absolute atomic E-state index is 0.114. The van der Waals surface area contributed by atoms with Gasteiger partial charge in [-0.1, -0.05) is 0 Å². The lowest BCUT2D eigenvalue weighted by molar-refractivity contribution is 0.153. The van der Waals surface area contributed by atoms with Gasteiger partial charge in [-0.25, -0.2) is 4.98 Å². The molecule has 4 heteroatoms. The van der Waals surface area contributed by atoms with Crippen LogP contribution in [0.1, 0.15) is 11.7 Å². The zero-order chi connectivity index (χ0) is 7.40. The first-order valence-corrected chi connectivity index (χ1v) is 2.90. The van der Waals surface area contributed by atoms with Crippen molar-refractivity contribution in [2.45, 2.75) is 13.2 Å². The monoisotopic (exact) mass is 143 g/mol. The molecule has 0 bridgehead atoms. The Hall–Kier alpha value is -0.870. The van der Waals surface area contributed by atoms with Gasteiger partial charge in [0.25, 0.3) is 0 Å². The number of methoxy groups -OCH3 is 1. The average Bonchev–Trinajstić information content (AvgIpc) is 2.37. The molecule has 0 amide bonds. The number of ether oxygens (including phenoxy) is 1. The van der Waals surface area contributed by atoms with E-state index in [0.717, 1.165) is 0 Å². The molecule has 0 aliphatic heterocycles. The van der Waals surface area contributed by atoms with E-state index in [1.807, 2.05) is 0 Å². The van der Waals surface area contributed by atoms with Gasteiger partial charge in [-0.2, -0.15) is 0 Å². The SMILES string of the molecule is COCc1ncc(CO)o1. The molecule has 1 aromatic heterocycles. The maximum atomic E-state index is 8.54. The van der Waals surface area contributed by atoms with Gasteiger partial charge >= 0.3 is 0 Å². The minimum atomic E-state index is -0.114. The molecule has 0 atom stereocenters. The number of nitrogens with zero attached hydrogens (tertiary/aromatic N) is 1. The van der Waals surface area contributed by atoms with Crippen molar-refractivity contribution < 1.29 is 14.3 Å². The molecule has 0 fully saturated rings. The zero-order valence-corrected chi connectivity index (χ0v) is 5.70. The number of rotatable bonds is 3. The van der Waals surface area contributed by atoms with Gasteiger partial charge in [0.15, 0.2) is 0 Å². The molecule has 4 nitrogen and oxygen atoms in total. The van der Waals surface area contributed by atoms with E-state index in [1.54, 1.807) is 7.11 Å². The van der Waals surface area contributed by atoms with Crippen molar-refractivity contribution in [1.82, 2.24) is 4.98 Å². The number of aliphatic hydroxyl groups is 1. The van der Waals surface area contributed by atoms with E-state index in [9.17, 15) is 0 Å². The number of hydrogen-bond donors (Lipinski definition) is 1. The summed E-state index contributed by atoms with van der Waals surface area (Å²) in [7, 11) is 1.56. The van der Waals surface area contributed by atoms with Gasteiger partial charge in [-0.15, -0.1) is 0 Å². The van der Waals surface area contributed by atoms with Crippen LogP contribution in [0.25, 0.3) is 0 Å². The summed E-state index contributed by atoms with van der Waals surface area (Å²) in [6.45, 7) is 0.233. The highest BCUT2D eigenvalue weighted by molar-refractivity contribution is 4.90. The molecular weight excluding hydrogens is 134 g/mol. The Morgan fingerprint density at radius 1 is 1.80 bits per heavy atom. The maximum absolute atomic E-state index is 8.54. The molecule has 0 saturated carbocycles. The van der Waals surface area contributed by atoms with Gasteiger partial charge in [0, 0.05) is 7.11 Å². The minimum Gasteiger partial charge on any atom is -0.441 e. The van der Waals surface area contributed by atoms with Crippen LogP contribution < -0.4 is 0 Å². The lowest BCUT2D eigenvalue weighted by atomic mass is 10.6. The van der Waals surface area contributed by atoms with Gasteiger partial charge < -0.3 is 14.3 Å². The molecular formula is C6H9NO3. The zero-order valence-electron chi connectivity index (χ0n) is 5.70. The van der Waals surface area contributed by atoms with Gasteiger partial charge in [0.05, 0.1) is 6.20 Å². The Morgan fingerprint density at radius 3 is 3.10 bits per heavy atom. The largest absolute Gasteiger partial charge is 0.441 e. The average molecular weight is 143 g/mol. The van der Waals surface area contributed by atoms with Gasteiger partial charge in [-0.3, -0.25) is 0 Å². The van der Waals surface area contributed by atoms with E-state index in [-0.39, 0.29) is 6.61 Å². The van der Waals surface area contributed by atoms with E-state index in [2.05, 4.69) is 4.98 Å². The molecule has 0 aromatic carbocycles. The van der Waals surface area contributed by atoms with Crippen molar-refractivity contribution in [1.29, 1.82) is 0 Å². The lowest BCUT2D eigenvalue weighted by Crippen LogP contribution is -1.85. The standard InChI is InChI=1S/C6H9NO3/c1-9-4-6-7-2-5(3-8)10-6/h2,8H,3-4H2,1H3. The summed E-state index contributed by atoms with van der Waals surface area (Å²) in [6.07, 6.45) is 1.48. The van der Waals surface area contributed by atoms with Crippen molar-refractivity contribution in [3.05, 3.63) is 17.8 Å². The Bertz CT molecular complexity index is 197. The predicted molar refractivity (Wildman–Crippen MR) is 33.1 cm³/mol. The Kier molecular flexibility index (Phi) is 2.42. The van der Waals surface area contributed by atoms with Crippen molar-refractivity contribution in [3.8, 4) is 0 Å². The molecule has 0 unspecified atom stereocenters. The summed E-state index contributed by atoms with van der Waals surface area (Å²) in [5.41, 5.74) is 0. The smallest absolute Gasteiger partial charge is 0.220 e. The Balaban J connectivity index is 2.59. The third-order valence-corrected chi connectivity index (χ3v) is 1.03. The van der Waals surface area contributed by atoms with E-state index < -0.39 is 0 Å². The maximum Gasteiger partial charge on any atom is 0.220 e. The van der Waals surface area contributed by atoms with Crippen LogP contribution in [-0.2, 0) is 18.0 Å². The number of oxazole rings is 1. The molecule has 1 rings (SSSR count). The van der Waals surface area contributed by atoms with Crippen LogP contribution in [0.15, 0.2) is 10.6 Å². The fourth-order valence-electron chi connectivity index (χ4n) is 0.611. The van der Waals surface area contributed by atoms with Crippen molar-refractivity contribution in [2.75, 3.05) is 7.11 Å². The van der Waals surface area contributed by atoms with Crippen molar-refractivity contribution >= 4 is 0 Å². The molecule has 0 aliphatic carbocycles. The van der Waals surface area contributed by atoms with Crippen LogP contribution in [0, 0.1) is 0 Å². The molecule has 1 N–H and O–H groups in total. The van der Waals surface area contributed by atoms with Crippen LogP contribution >= 0.6 is 0 Å². The summed E-state index contributed by atoms with van der Waals surface area (Å²) < 4.78 is 9.73.